The van der Waals surface area contributed by atoms with E-state index in [9.17, 15) is 14.4 Å². The highest BCUT2D eigenvalue weighted by molar-refractivity contribution is 6.24. The van der Waals surface area contributed by atoms with Crippen LogP contribution >= 0.6 is 0 Å². The van der Waals surface area contributed by atoms with Crippen molar-refractivity contribution in [2.75, 3.05) is 13.7 Å². The Morgan fingerprint density at radius 2 is 1.57 bits per heavy atom. The predicted molar refractivity (Wildman–Crippen MR) is 201 cm³/mol. The van der Waals surface area contributed by atoms with Gasteiger partial charge in [0.25, 0.3) is 0 Å². The lowest BCUT2D eigenvalue weighted by molar-refractivity contribution is -0.143. The minimum absolute atomic E-state index is 0.0534. The van der Waals surface area contributed by atoms with Crippen LogP contribution in [0.2, 0.25) is 0 Å². The standard InChI is InChI=1S/C42H52N4O5/c1-10-13-21(4)16-17-51-35(47)15-14-28-24(7)31-18-29-22(5)26(11-2)33(43-29)19-30-23(6)27(12-3)34(44-30)20-32-25(8)36-40(46-32)37(39(28)45-31)38(41(36)48)42(49)50-9/h16,18-20,24,28,38,43-46H,10-15,17H2,1-9H3/b21-16-,30-19-,31-18-,34-20-,39-37-/t24-,28-,38+/m0/s1. The summed E-state index contributed by atoms with van der Waals surface area (Å²) in [6, 6.07) is 0. The van der Waals surface area contributed by atoms with E-state index in [1.807, 2.05) is 13.0 Å². The zero-order valence-corrected chi connectivity index (χ0v) is 31.5. The highest BCUT2D eigenvalue weighted by Crippen LogP contribution is 2.48. The monoisotopic (exact) mass is 692 g/mol. The van der Waals surface area contributed by atoms with Crippen molar-refractivity contribution in [3.8, 4) is 0 Å². The first-order valence-corrected chi connectivity index (χ1v) is 18.4. The van der Waals surface area contributed by atoms with Gasteiger partial charge in [-0.25, -0.2) is 0 Å². The van der Waals surface area contributed by atoms with Crippen LogP contribution in [0.25, 0.3) is 23.8 Å². The molecular weight excluding hydrogens is 640 g/mol. The molecule has 5 heterocycles. The van der Waals surface area contributed by atoms with Gasteiger partial charge in [-0.2, -0.15) is 0 Å². The molecule has 2 aliphatic heterocycles. The van der Waals surface area contributed by atoms with Gasteiger partial charge in [0.05, 0.1) is 12.8 Å². The highest BCUT2D eigenvalue weighted by atomic mass is 16.5. The van der Waals surface area contributed by atoms with Crippen molar-refractivity contribution in [1.82, 2.24) is 20.3 Å². The molecule has 0 radical (unpaired) electrons. The summed E-state index contributed by atoms with van der Waals surface area (Å²) in [5.74, 6) is -2.52. The lowest BCUT2D eigenvalue weighted by Gasteiger charge is -2.19. The van der Waals surface area contributed by atoms with Crippen molar-refractivity contribution in [2.24, 2.45) is 17.8 Å². The highest BCUT2D eigenvalue weighted by Gasteiger charge is 2.48. The molecular formula is C42H52N4O5. The van der Waals surface area contributed by atoms with Gasteiger partial charge in [-0.15, -0.1) is 0 Å². The van der Waals surface area contributed by atoms with E-state index in [1.165, 1.54) is 34.9 Å². The average molecular weight is 693 g/mol. The molecule has 1 aliphatic carbocycles. The Labute approximate surface area is 300 Å². The maximum absolute atomic E-state index is 14.3. The van der Waals surface area contributed by atoms with Gasteiger partial charge in [-0.05, 0) is 105 Å². The van der Waals surface area contributed by atoms with Crippen molar-refractivity contribution in [3.63, 3.8) is 0 Å². The molecule has 0 unspecified atom stereocenters. The molecule has 3 aliphatic rings. The normalized spacial score (nSPS) is 23.2. The molecule has 1 fully saturated rings. The Morgan fingerprint density at radius 3 is 2.25 bits per heavy atom. The van der Waals surface area contributed by atoms with E-state index >= 15 is 0 Å². The zero-order valence-electron chi connectivity index (χ0n) is 31.5. The van der Waals surface area contributed by atoms with Gasteiger partial charge in [0.15, 0.2) is 5.78 Å². The van der Waals surface area contributed by atoms with Crippen LogP contribution in [0.3, 0.4) is 0 Å². The summed E-state index contributed by atoms with van der Waals surface area (Å²) in [4.78, 5) is 51.8. The van der Waals surface area contributed by atoms with Crippen LogP contribution in [0.1, 0.15) is 121 Å². The third kappa shape index (κ3) is 6.36. The molecule has 3 atom stereocenters. The molecule has 9 nitrogen and oxygen atoms in total. The number of fused-ring (bicyclic) bond motifs is 7. The van der Waals surface area contributed by atoms with Crippen LogP contribution < -0.4 is 16.0 Å². The number of Topliss-reactive ketones (excluding diaryl/α,β-unsaturated/α-hetero) is 1. The van der Waals surface area contributed by atoms with Crippen LogP contribution in [-0.4, -0.2) is 46.4 Å². The van der Waals surface area contributed by atoms with Gasteiger partial charge in [-0.3, -0.25) is 14.4 Å². The molecule has 0 aromatic carbocycles. The molecule has 0 saturated carbocycles. The van der Waals surface area contributed by atoms with Crippen molar-refractivity contribution in [1.29, 1.82) is 0 Å². The number of ether oxygens (including phenoxy) is 2. The zero-order chi connectivity index (χ0) is 36.7. The van der Waals surface area contributed by atoms with E-state index in [1.54, 1.807) is 0 Å². The minimum atomic E-state index is -1.12. The number of ketones is 1. The molecule has 3 aromatic rings. The van der Waals surface area contributed by atoms with E-state index in [-0.39, 0.29) is 36.6 Å². The number of hydrogen-bond donors (Lipinski definition) is 4. The lowest BCUT2D eigenvalue weighted by Crippen LogP contribution is -2.25. The number of hydrogen-bond acceptors (Lipinski definition) is 6. The summed E-state index contributed by atoms with van der Waals surface area (Å²) in [5.41, 5.74) is 13.1. The van der Waals surface area contributed by atoms with Crippen molar-refractivity contribution < 1.29 is 23.9 Å². The van der Waals surface area contributed by atoms with Crippen molar-refractivity contribution >= 4 is 41.5 Å². The Hall–Kier alpha value is -4.79. The smallest absolute Gasteiger partial charge is 0.321 e. The van der Waals surface area contributed by atoms with E-state index < -0.39 is 11.9 Å². The Kier molecular flexibility index (Phi) is 10.2. The lowest BCUT2D eigenvalue weighted by atomic mass is 9.85. The molecule has 8 bridgehead atoms. The van der Waals surface area contributed by atoms with Crippen molar-refractivity contribution in [2.45, 2.75) is 93.9 Å². The SMILES string of the molecule is CCC/C(C)=C\COC(=O)CC[C@@H]1/C2=C3/c4[nH]c(c(C)c4C(=O)[C@@H]3C(=O)OC)/C=c3\[nH]/c(c(C)c3CC)=C\c3[nH]c(c(C)c3CC)/C=C(\N2)[C@H]1C. The van der Waals surface area contributed by atoms with Gasteiger partial charge < -0.3 is 29.7 Å². The summed E-state index contributed by atoms with van der Waals surface area (Å²) < 4.78 is 10.9. The van der Waals surface area contributed by atoms with Gasteiger partial charge in [0, 0.05) is 68.6 Å². The number of rotatable bonds is 10. The van der Waals surface area contributed by atoms with Gasteiger partial charge in [0.1, 0.15) is 12.5 Å². The summed E-state index contributed by atoms with van der Waals surface area (Å²) in [6.07, 6.45) is 12.8. The fourth-order valence-corrected chi connectivity index (χ4v) is 8.34. The number of nitrogens with one attached hydrogen (secondary N) is 4. The summed E-state index contributed by atoms with van der Waals surface area (Å²) in [7, 11) is 1.32. The average Bonchev–Trinajstić information content (AvgIpc) is 3.84. The second-order valence-corrected chi connectivity index (χ2v) is 14.3. The number of methoxy groups -OCH3 is 1. The van der Waals surface area contributed by atoms with Crippen molar-refractivity contribution in [3.05, 3.63) is 89.9 Å². The molecule has 0 spiro atoms. The topological polar surface area (TPSA) is 129 Å². The summed E-state index contributed by atoms with van der Waals surface area (Å²) in [6.45, 7) is 17.1. The van der Waals surface area contributed by atoms with Crippen LogP contribution in [-0.2, 0) is 31.9 Å². The largest absolute Gasteiger partial charge is 0.468 e. The molecule has 6 rings (SSSR count). The second kappa shape index (κ2) is 14.4. The fraction of sp³-hybridized carbons (Fsp3) is 0.452. The molecule has 4 N–H and O–H groups in total. The Morgan fingerprint density at radius 1 is 0.863 bits per heavy atom. The first-order chi connectivity index (χ1) is 24.4. The van der Waals surface area contributed by atoms with Gasteiger partial charge in [0.2, 0.25) is 0 Å². The second-order valence-electron chi connectivity index (χ2n) is 14.3. The van der Waals surface area contributed by atoms with Gasteiger partial charge in [-0.1, -0.05) is 39.7 Å². The summed E-state index contributed by atoms with van der Waals surface area (Å²) >= 11 is 0. The number of allylic oxidation sites excluding steroid dienone is 3. The third-order valence-corrected chi connectivity index (χ3v) is 11.3. The Balaban J connectivity index is 1.56. The summed E-state index contributed by atoms with van der Waals surface area (Å²) in [5, 5.41) is 5.72. The van der Waals surface area contributed by atoms with Crippen LogP contribution in [0, 0.1) is 38.5 Å². The van der Waals surface area contributed by atoms with Gasteiger partial charge >= 0.3 is 11.9 Å². The predicted octanol–water partition coefficient (Wildman–Crippen LogP) is 6.35. The number of carbonyl (C=O) groups is 3. The maximum Gasteiger partial charge on any atom is 0.321 e. The molecule has 3 aromatic heterocycles. The van der Waals surface area contributed by atoms with Crippen LogP contribution in [0.5, 0.6) is 0 Å². The maximum atomic E-state index is 14.3. The number of carbonyl (C=O) groups excluding carboxylic acids is 3. The number of esters is 2. The third-order valence-electron chi connectivity index (χ3n) is 11.3. The van der Waals surface area contributed by atoms with Crippen LogP contribution in [0.15, 0.2) is 23.0 Å². The molecule has 51 heavy (non-hydrogen) atoms. The molecule has 1 saturated heterocycles. The molecule has 9 heteroatoms. The molecule has 270 valence electrons. The number of H-pyrrole nitrogens is 3. The van der Waals surface area contributed by atoms with E-state index in [4.69, 9.17) is 9.47 Å². The van der Waals surface area contributed by atoms with Crippen LogP contribution in [0.4, 0.5) is 0 Å². The Bertz CT molecular complexity index is 2130. The molecule has 0 amide bonds. The first kappa shape index (κ1) is 36.0. The first-order valence-electron chi connectivity index (χ1n) is 18.4. The van der Waals surface area contributed by atoms with E-state index in [0.29, 0.717) is 23.3 Å². The number of aromatic nitrogens is 3. The number of aromatic amines is 3. The fourth-order valence-electron chi connectivity index (χ4n) is 8.34. The van der Waals surface area contributed by atoms with E-state index in [2.05, 4.69) is 87.0 Å². The van der Waals surface area contributed by atoms with E-state index in [0.717, 1.165) is 70.4 Å². The minimum Gasteiger partial charge on any atom is -0.468 e. The quantitative estimate of drug-likeness (QED) is 0.111.